The van der Waals surface area contributed by atoms with Crippen molar-refractivity contribution in [3.05, 3.63) is 46.2 Å². The van der Waals surface area contributed by atoms with Crippen molar-refractivity contribution in [3.63, 3.8) is 0 Å². The van der Waals surface area contributed by atoms with Gasteiger partial charge in [0.15, 0.2) is 0 Å². The zero-order chi connectivity index (χ0) is 18.8. The average Bonchev–Trinajstić information content (AvgIpc) is 2.94. The van der Waals surface area contributed by atoms with E-state index in [4.69, 9.17) is 0 Å². The predicted octanol–water partition coefficient (Wildman–Crippen LogP) is 3.38. The molecule has 1 amide bonds. The summed E-state index contributed by atoms with van der Waals surface area (Å²) in [4.78, 5) is 12.7. The molecule has 0 saturated carbocycles. The van der Waals surface area contributed by atoms with Gasteiger partial charge in [-0.15, -0.1) is 0 Å². The maximum atomic E-state index is 12.6. The van der Waals surface area contributed by atoms with Crippen molar-refractivity contribution in [2.24, 2.45) is 7.05 Å². The highest BCUT2D eigenvalue weighted by Gasteiger charge is 2.25. The zero-order valence-corrected chi connectivity index (χ0v) is 17.1. The summed E-state index contributed by atoms with van der Waals surface area (Å²) < 4.78 is 28.9. The van der Waals surface area contributed by atoms with Crippen molar-refractivity contribution < 1.29 is 13.2 Å². The van der Waals surface area contributed by atoms with Crippen molar-refractivity contribution >= 4 is 37.5 Å². The maximum absolute atomic E-state index is 12.6. The highest BCUT2D eigenvalue weighted by Crippen LogP contribution is 2.25. The summed E-state index contributed by atoms with van der Waals surface area (Å²) >= 11 is 3.42. The van der Waals surface area contributed by atoms with E-state index in [1.54, 1.807) is 27.0 Å². The van der Waals surface area contributed by atoms with Crippen molar-refractivity contribution in [2.75, 3.05) is 18.4 Å². The largest absolute Gasteiger partial charge is 0.345 e. The Morgan fingerprint density at radius 2 is 1.88 bits per heavy atom. The van der Waals surface area contributed by atoms with Crippen molar-refractivity contribution in [1.29, 1.82) is 0 Å². The Morgan fingerprint density at radius 3 is 2.44 bits per heavy atom. The van der Waals surface area contributed by atoms with Crippen molar-refractivity contribution in [1.82, 2.24) is 8.87 Å². The monoisotopic (exact) mass is 427 g/mol. The number of hydrogen-bond donors (Lipinski definition) is 1. The fourth-order valence-corrected chi connectivity index (χ4v) is 4.64. The van der Waals surface area contributed by atoms with E-state index in [0.717, 1.165) is 10.0 Å². The van der Waals surface area contributed by atoms with Crippen LogP contribution in [-0.2, 0) is 17.1 Å². The lowest BCUT2D eigenvalue weighted by atomic mass is 10.2. The van der Waals surface area contributed by atoms with Gasteiger partial charge in [0.05, 0.1) is 5.69 Å². The van der Waals surface area contributed by atoms with Gasteiger partial charge in [0.1, 0.15) is 10.6 Å². The van der Waals surface area contributed by atoms with E-state index in [1.807, 2.05) is 19.1 Å². The van der Waals surface area contributed by atoms with E-state index in [2.05, 4.69) is 21.2 Å². The molecule has 0 bridgehead atoms. The van der Waals surface area contributed by atoms with E-state index < -0.39 is 10.0 Å². The van der Waals surface area contributed by atoms with Gasteiger partial charge in [0, 0.05) is 30.8 Å². The fourth-order valence-electron chi connectivity index (χ4n) is 2.52. The molecule has 0 radical (unpaired) electrons. The Morgan fingerprint density at radius 1 is 1.24 bits per heavy atom. The van der Waals surface area contributed by atoms with Gasteiger partial charge in [-0.25, -0.2) is 8.42 Å². The second-order valence-corrected chi connectivity index (χ2v) is 8.49. The fraction of sp³-hybridized carbons (Fsp3) is 0.353. The number of amides is 1. The molecule has 1 aromatic heterocycles. The lowest BCUT2D eigenvalue weighted by molar-refractivity contribution is 0.101. The van der Waals surface area contributed by atoms with Crippen molar-refractivity contribution in [2.45, 2.75) is 25.7 Å². The molecular weight excluding hydrogens is 406 g/mol. The molecule has 25 heavy (non-hydrogen) atoms. The molecule has 2 aromatic rings. The molecule has 0 aliphatic carbocycles. The van der Waals surface area contributed by atoms with E-state index in [0.29, 0.717) is 18.8 Å². The molecule has 0 atom stereocenters. The van der Waals surface area contributed by atoms with Gasteiger partial charge < -0.3 is 9.88 Å². The Balaban J connectivity index is 2.32. The first-order valence-corrected chi connectivity index (χ1v) is 10.2. The molecule has 1 heterocycles. The SMILES string of the molecule is CCN(CC)S(=O)(=O)c1cc(C(=O)Nc2ccc(C)cc2Br)n(C)c1. The number of carbonyl (C=O) groups is 1. The Bertz CT molecular complexity index is 887. The van der Waals surface area contributed by atoms with E-state index in [9.17, 15) is 13.2 Å². The normalized spacial score (nSPS) is 11.8. The van der Waals surface area contributed by atoms with Gasteiger partial charge in [-0.3, -0.25) is 4.79 Å². The van der Waals surface area contributed by atoms with Crippen LogP contribution in [0.5, 0.6) is 0 Å². The smallest absolute Gasteiger partial charge is 0.272 e. The van der Waals surface area contributed by atoms with Gasteiger partial charge in [-0.1, -0.05) is 19.9 Å². The van der Waals surface area contributed by atoms with Crippen LogP contribution < -0.4 is 5.32 Å². The van der Waals surface area contributed by atoms with Gasteiger partial charge in [0.25, 0.3) is 5.91 Å². The third-order valence-electron chi connectivity index (χ3n) is 3.93. The quantitative estimate of drug-likeness (QED) is 0.767. The molecule has 136 valence electrons. The molecule has 0 aliphatic heterocycles. The third kappa shape index (κ3) is 4.13. The van der Waals surface area contributed by atoms with Crippen LogP contribution >= 0.6 is 15.9 Å². The molecular formula is C17H22BrN3O3S. The van der Waals surface area contributed by atoms with Crippen LogP contribution in [0.4, 0.5) is 5.69 Å². The second kappa shape index (κ2) is 7.72. The van der Waals surface area contributed by atoms with Crippen molar-refractivity contribution in [3.8, 4) is 0 Å². The molecule has 0 fully saturated rings. The first-order chi connectivity index (χ1) is 11.7. The standard InChI is InChI=1S/C17H22BrN3O3S/c1-5-21(6-2)25(23,24)13-10-16(20(4)11-13)17(22)19-15-8-7-12(3)9-14(15)18/h7-11H,5-6H2,1-4H3,(H,19,22). The van der Waals surface area contributed by atoms with Crippen LogP contribution in [-0.4, -0.2) is 36.3 Å². The van der Waals surface area contributed by atoms with Crippen LogP contribution in [0.25, 0.3) is 0 Å². The summed E-state index contributed by atoms with van der Waals surface area (Å²) in [6.45, 7) is 6.29. The van der Waals surface area contributed by atoms with Crippen LogP contribution in [0.1, 0.15) is 29.9 Å². The number of sulfonamides is 1. The van der Waals surface area contributed by atoms with E-state index in [1.165, 1.54) is 21.1 Å². The zero-order valence-electron chi connectivity index (χ0n) is 14.7. The average molecular weight is 428 g/mol. The Hall–Kier alpha value is -1.64. The molecule has 0 unspecified atom stereocenters. The summed E-state index contributed by atoms with van der Waals surface area (Å²) in [5, 5.41) is 2.80. The topological polar surface area (TPSA) is 71.4 Å². The van der Waals surface area contributed by atoms with Crippen LogP contribution in [0, 0.1) is 6.92 Å². The van der Waals surface area contributed by atoms with E-state index in [-0.39, 0.29) is 16.5 Å². The molecule has 2 rings (SSSR count). The minimum Gasteiger partial charge on any atom is -0.345 e. The number of anilines is 1. The highest BCUT2D eigenvalue weighted by atomic mass is 79.9. The molecule has 0 aliphatic rings. The first-order valence-electron chi connectivity index (χ1n) is 7.94. The second-order valence-electron chi connectivity index (χ2n) is 5.70. The number of aryl methyl sites for hydroxylation is 2. The number of halogens is 1. The molecule has 1 aromatic carbocycles. The lowest BCUT2D eigenvalue weighted by Gasteiger charge is -2.17. The number of benzene rings is 1. The minimum atomic E-state index is -3.60. The first kappa shape index (κ1) is 19.7. The molecule has 8 heteroatoms. The molecule has 0 spiro atoms. The van der Waals surface area contributed by atoms with Gasteiger partial charge >= 0.3 is 0 Å². The summed E-state index contributed by atoms with van der Waals surface area (Å²) in [6.07, 6.45) is 1.47. The van der Waals surface area contributed by atoms with Crippen LogP contribution in [0.15, 0.2) is 39.8 Å². The summed E-state index contributed by atoms with van der Waals surface area (Å²) in [5.41, 5.74) is 1.97. The molecule has 1 N–H and O–H groups in total. The lowest BCUT2D eigenvalue weighted by Crippen LogP contribution is -2.30. The number of rotatable bonds is 6. The minimum absolute atomic E-state index is 0.117. The number of carbonyl (C=O) groups excluding carboxylic acids is 1. The molecule has 0 saturated heterocycles. The van der Waals surface area contributed by atoms with E-state index >= 15 is 0 Å². The Labute approximate surface area is 157 Å². The Kier molecular flexibility index (Phi) is 6.08. The number of nitrogens with zero attached hydrogens (tertiary/aromatic N) is 2. The maximum Gasteiger partial charge on any atom is 0.272 e. The van der Waals surface area contributed by atoms with Crippen LogP contribution in [0.3, 0.4) is 0 Å². The number of hydrogen-bond acceptors (Lipinski definition) is 3. The van der Waals surface area contributed by atoms with Gasteiger partial charge in [-0.05, 0) is 46.6 Å². The number of aromatic nitrogens is 1. The van der Waals surface area contributed by atoms with Crippen LogP contribution in [0.2, 0.25) is 0 Å². The summed E-state index contributed by atoms with van der Waals surface area (Å²) in [5.74, 6) is -0.368. The highest BCUT2D eigenvalue weighted by molar-refractivity contribution is 9.10. The predicted molar refractivity (Wildman–Crippen MR) is 102 cm³/mol. The van der Waals surface area contributed by atoms with Gasteiger partial charge in [0.2, 0.25) is 10.0 Å². The number of nitrogens with one attached hydrogen (secondary N) is 1. The summed E-state index contributed by atoms with van der Waals surface area (Å²) in [6, 6.07) is 7.00. The third-order valence-corrected chi connectivity index (χ3v) is 6.60. The molecule has 6 nitrogen and oxygen atoms in total. The van der Waals surface area contributed by atoms with Gasteiger partial charge in [-0.2, -0.15) is 4.31 Å². The summed E-state index contributed by atoms with van der Waals surface area (Å²) in [7, 11) is -1.95.